The molecule has 27 heavy (non-hydrogen) atoms. The Labute approximate surface area is 160 Å². The third-order valence-electron chi connectivity index (χ3n) is 4.00. The maximum absolute atomic E-state index is 12.3. The van der Waals surface area contributed by atoms with Crippen LogP contribution in [0, 0.1) is 13.8 Å². The lowest BCUT2D eigenvalue weighted by atomic mass is 10.1. The van der Waals surface area contributed by atoms with Gasteiger partial charge in [-0.05, 0) is 32.4 Å². The number of carbonyl (C=O) groups excluding carboxylic acids is 3. The van der Waals surface area contributed by atoms with E-state index in [1.165, 1.54) is 20.3 Å². The zero-order valence-electron chi connectivity index (χ0n) is 15.8. The fourth-order valence-corrected chi connectivity index (χ4v) is 3.62. The molecule has 144 valence electrons. The highest BCUT2D eigenvalue weighted by atomic mass is 32.1. The highest BCUT2D eigenvalue weighted by Gasteiger charge is 2.26. The molecule has 0 unspecified atom stereocenters. The number of rotatable bonds is 6. The Morgan fingerprint density at radius 1 is 1.22 bits per heavy atom. The van der Waals surface area contributed by atoms with Gasteiger partial charge in [0.15, 0.2) is 0 Å². The van der Waals surface area contributed by atoms with E-state index in [9.17, 15) is 14.4 Å². The number of aryl methyl sites for hydroxylation is 1. The molecule has 0 saturated carbocycles. The van der Waals surface area contributed by atoms with Crippen molar-refractivity contribution < 1.29 is 23.9 Å². The number of aromatic nitrogens is 2. The molecule has 0 saturated heterocycles. The number of methoxy groups -OCH3 is 2. The van der Waals surface area contributed by atoms with Gasteiger partial charge in [-0.3, -0.25) is 9.48 Å². The van der Waals surface area contributed by atoms with E-state index in [4.69, 9.17) is 9.47 Å². The lowest BCUT2D eigenvalue weighted by molar-refractivity contribution is -0.111. The molecule has 0 radical (unpaired) electrons. The number of carbonyl (C=O) groups is 3. The van der Waals surface area contributed by atoms with Crippen LogP contribution in [0.3, 0.4) is 0 Å². The van der Waals surface area contributed by atoms with Crippen molar-refractivity contribution in [1.29, 1.82) is 0 Å². The molecule has 0 fully saturated rings. The summed E-state index contributed by atoms with van der Waals surface area (Å²) < 4.78 is 11.3. The summed E-state index contributed by atoms with van der Waals surface area (Å²) in [6, 6.07) is 0. The average Bonchev–Trinajstić information content (AvgIpc) is 3.18. The number of nitrogens with one attached hydrogen (secondary N) is 1. The molecule has 2 rings (SSSR count). The third kappa shape index (κ3) is 4.25. The van der Waals surface area contributed by atoms with Crippen molar-refractivity contribution in [3.05, 3.63) is 39.5 Å². The van der Waals surface area contributed by atoms with Crippen LogP contribution in [0.15, 0.2) is 12.3 Å². The maximum Gasteiger partial charge on any atom is 0.348 e. The van der Waals surface area contributed by atoms with Crippen molar-refractivity contribution in [2.24, 2.45) is 0 Å². The normalized spacial score (nSPS) is 10.9. The Balaban J connectivity index is 2.28. The molecule has 0 atom stereocenters. The van der Waals surface area contributed by atoms with E-state index in [1.54, 1.807) is 19.2 Å². The number of anilines is 1. The fourth-order valence-electron chi connectivity index (χ4n) is 2.50. The first kappa shape index (κ1) is 20.4. The zero-order chi connectivity index (χ0) is 20.1. The molecule has 0 aliphatic rings. The van der Waals surface area contributed by atoms with Gasteiger partial charge in [-0.25, -0.2) is 9.59 Å². The number of nitrogens with zero attached hydrogens (tertiary/aromatic N) is 2. The summed E-state index contributed by atoms with van der Waals surface area (Å²) >= 11 is 0.966. The monoisotopic (exact) mass is 391 g/mol. The van der Waals surface area contributed by atoms with Crippen molar-refractivity contribution in [1.82, 2.24) is 9.78 Å². The van der Waals surface area contributed by atoms with Crippen molar-refractivity contribution in [3.8, 4) is 0 Å². The second-order valence-corrected chi connectivity index (χ2v) is 6.59. The van der Waals surface area contributed by atoms with Gasteiger partial charge in [-0.2, -0.15) is 5.10 Å². The van der Waals surface area contributed by atoms with Gasteiger partial charge in [-0.1, -0.05) is 0 Å². The Hall–Kier alpha value is -2.94. The molecule has 8 nitrogen and oxygen atoms in total. The van der Waals surface area contributed by atoms with Crippen LogP contribution in [0.25, 0.3) is 6.08 Å². The number of ether oxygens (including phenoxy) is 2. The van der Waals surface area contributed by atoms with Crippen LogP contribution >= 0.6 is 11.3 Å². The summed E-state index contributed by atoms with van der Waals surface area (Å²) in [5.41, 5.74) is 2.30. The second kappa shape index (κ2) is 8.63. The summed E-state index contributed by atoms with van der Waals surface area (Å²) in [7, 11) is 2.48. The number of hydrogen-bond acceptors (Lipinski definition) is 7. The van der Waals surface area contributed by atoms with Crippen LogP contribution in [0.1, 0.15) is 43.8 Å². The standard InChI is InChI=1S/C18H21N3O5S/c1-6-21-11(3)12(9-19-21)7-8-13(22)20-16-14(17(23)25-4)10(2)15(27-16)18(24)26-5/h7-9H,6H2,1-5H3,(H,20,22). The molecule has 2 aromatic rings. The number of hydrogen-bond donors (Lipinski definition) is 1. The highest BCUT2D eigenvalue weighted by Crippen LogP contribution is 2.34. The second-order valence-electron chi connectivity index (χ2n) is 5.57. The summed E-state index contributed by atoms with van der Waals surface area (Å²) in [5, 5.41) is 7.08. The van der Waals surface area contributed by atoms with Gasteiger partial charge in [0.2, 0.25) is 5.91 Å². The van der Waals surface area contributed by atoms with E-state index < -0.39 is 17.8 Å². The predicted octanol–water partition coefficient (Wildman–Crippen LogP) is 2.81. The minimum Gasteiger partial charge on any atom is -0.465 e. The maximum atomic E-state index is 12.3. The van der Waals surface area contributed by atoms with Gasteiger partial charge in [0, 0.05) is 23.9 Å². The van der Waals surface area contributed by atoms with E-state index >= 15 is 0 Å². The van der Waals surface area contributed by atoms with Gasteiger partial charge < -0.3 is 14.8 Å². The Morgan fingerprint density at radius 3 is 2.44 bits per heavy atom. The van der Waals surface area contributed by atoms with Crippen molar-refractivity contribution in [3.63, 3.8) is 0 Å². The SMILES string of the molecule is CCn1ncc(C=CC(=O)Nc2sc(C(=O)OC)c(C)c2C(=O)OC)c1C. The smallest absolute Gasteiger partial charge is 0.348 e. The van der Waals surface area contributed by atoms with Crippen LogP contribution in [-0.4, -0.2) is 41.8 Å². The highest BCUT2D eigenvalue weighted by molar-refractivity contribution is 7.18. The van der Waals surface area contributed by atoms with Crippen LogP contribution in [0.2, 0.25) is 0 Å². The molecule has 0 spiro atoms. The molecular weight excluding hydrogens is 370 g/mol. The lowest BCUT2D eigenvalue weighted by Crippen LogP contribution is -2.11. The number of thiophene rings is 1. The first-order chi connectivity index (χ1) is 12.8. The minimum atomic E-state index is -0.641. The van der Waals surface area contributed by atoms with E-state index in [0.717, 1.165) is 29.1 Å². The van der Waals surface area contributed by atoms with Crippen LogP contribution < -0.4 is 5.32 Å². The largest absolute Gasteiger partial charge is 0.465 e. The molecule has 0 aromatic carbocycles. The molecule has 9 heteroatoms. The van der Waals surface area contributed by atoms with Crippen molar-refractivity contribution in [2.75, 3.05) is 19.5 Å². The van der Waals surface area contributed by atoms with E-state index in [0.29, 0.717) is 5.56 Å². The van der Waals surface area contributed by atoms with E-state index in [2.05, 4.69) is 10.4 Å². The third-order valence-corrected chi connectivity index (χ3v) is 5.19. The first-order valence-corrected chi connectivity index (χ1v) is 8.97. The summed E-state index contributed by atoms with van der Waals surface area (Å²) in [6.07, 6.45) is 4.66. The molecule has 0 aliphatic heterocycles. The van der Waals surface area contributed by atoms with Crippen LogP contribution in [0.4, 0.5) is 5.00 Å². The minimum absolute atomic E-state index is 0.139. The Kier molecular flexibility index (Phi) is 6.51. The van der Waals surface area contributed by atoms with E-state index in [1.807, 2.05) is 18.5 Å². The van der Waals surface area contributed by atoms with E-state index in [-0.39, 0.29) is 15.4 Å². The van der Waals surface area contributed by atoms with Gasteiger partial charge in [0.05, 0.1) is 26.0 Å². The fraction of sp³-hybridized carbons (Fsp3) is 0.333. The number of amides is 1. The molecule has 2 aromatic heterocycles. The molecular formula is C18H21N3O5S. The van der Waals surface area contributed by atoms with Gasteiger partial charge in [-0.15, -0.1) is 11.3 Å². The molecule has 0 aliphatic carbocycles. The van der Waals surface area contributed by atoms with Gasteiger partial charge in [0.1, 0.15) is 9.88 Å². The quantitative estimate of drug-likeness (QED) is 0.600. The molecule has 1 N–H and O–H groups in total. The predicted molar refractivity (Wildman–Crippen MR) is 102 cm³/mol. The lowest BCUT2D eigenvalue weighted by Gasteiger charge is -2.04. The van der Waals surface area contributed by atoms with Crippen molar-refractivity contribution in [2.45, 2.75) is 27.3 Å². The van der Waals surface area contributed by atoms with Gasteiger partial charge in [0.25, 0.3) is 0 Å². The first-order valence-electron chi connectivity index (χ1n) is 8.15. The molecule has 1 amide bonds. The van der Waals surface area contributed by atoms with Gasteiger partial charge >= 0.3 is 11.9 Å². The summed E-state index contributed by atoms with van der Waals surface area (Å²) in [5.74, 6) is -1.67. The topological polar surface area (TPSA) is 99.5 Å². The molecule has 0 bridgehead atoms. The summed E-state index contributed by atoms with van der Waals surface area (Å²) in [4.78, 5) is 36.5. The number of esters is 2. The Bertz CT molecular complexity index is 910. The van der Waals surface area contributed by atoms with Crippen LogP contribution in [0.5, 0.6) is 0 Å². The average molecular weight is 391 g/mol. The molecule has 2 heterocycles. The Morgan fingerprint density at radius 2 is 1.89 bits per heavy atom. The van der Waals surface area contributed by atoms with Crippen molar-refractivity contribution >= 4 is 40.3 Å². The van der Waals surface area contributed by atoms with Crippen LogP contribution in [-0.2, 0) is 20.8 Å². The summed E-state index contributed by atoms with van der Waals surface area (Å²) in [6.45, 7) is 6.23. The zero-order valence-corrected chi connectivity index (χ0v) is 16.6.